The van der Waals surface area contributed by atoms with E-state index in [2.05, 4.69) is 0 Å². The molecule has 0 aliphatic carbocycles. The van der Waals surface area contributed by atoms with Crippen molar-refractivity contribution >= 4 is 17.0 Å². The quantitative estimate of drug-likeness (QED) is 0.621. The van der Waals surface area contributed by atoms with Gasteiger partial charge in [-0.15, -0.1) is 0 Å². The Labute approximate surface area is 98.9 Å². The average molecular weight is 254 g/mol. The smallest absolute Gasteiger partial charge is 0.301 e. The standard InChI is InChI=1S/C10H7FN2O3S/c11-9-7(2-1-3-8(9)13(15)16)6-12-4-5-17-10(12)14/h1-5H,6H2. The molecule has 5 nitrogen and oxygen atoms in total. The highest BCUT2D eigenvalue weighted by atomic mass is 32.1. The van der Waals surface area contributed by atoms with Gasteiger partial charge in [0.25, 0.3) is 0 Å². The highest BCUT2D eigenvalue weighted by Crippen LogP contribution is 2.20. The Bertz CT molecular complexity index is 620. The first-order chi connectivity index (χ1) is 8.09. The summed E-state index contributed by atoms with van der Waals surface area (Å²) in [7, 11) is 0. The van der Waals surface area contributed by atoms with E-state index in [0.29, 0.717) is 0 Å². The summed E-state index contributed by atoms with van der Waals surface area (Å²) in [6.07, 6.45) is 1.52. The van der Waals surface area contributed by atoms with E-state index < -0.39 is 16.4 Å². The molecule has 7 heteroatoms. The largest absolute Gasteiger partial charge is 0.307 e. The van der Waals surface area contributed by atoms with Crippen molar-refractivity contribution in [1.82, 2.24) is 4.57 Å². The molecule has 0 unspecified atom stereocenters. The highest BCUT2D eigenvalue weighted by molar-refractivity contribution is 7.07. The second-order valence-corrected chi connectivity index (χ2v) is 4.16. The zero-order valence-corrected chi connectivity index (χ0v) is 9.32. The minimum absolute atomic E-state index is 0.00412. The fraction of sp³-hybridized carbons (Fsp3) is 0.100. The van der Waals surface area contributed by atoms with Gasteiger partial charge in [0.2, 0.25) is 5.82 Å². The minimum Gasteiger partial charge on any atom is -0.301 e. The first kappa shape index (κ1) is 11.5. The van der Waals surface area contributed by atoms with Crippen LogP contribution in [0, 0.1) is 15.9 Å². The Morgan fingerprint density at radius 1 is 1.47 bits per heavy atom. The van der Waals surface area contributed by atoms with Crippen LogP contribution < -0.4 is 4.87 Å². The van der Waals surface area contributed by atoms with Gasteiger partial charge in [-0.05, 0) is 0 Å². The van der Waals surface area contributed by atoms with Crippen molar-refractivity contribution in [2.45, 2.75) is 6.54 Å². The van der Waals surface area contributed by atoms with Gasteiger partial charge in [0.1, 0.15) is 0 Å². The van der Waals surface area contributed by atoms with E-state index in [4.69, 9.17) is 0 Å². The molecule has 2 rings (SSSR count). The van der Waals surface area contributed by atoms with Gasteiger partial charge in [0, 0.05) is 23.2 Å². The van der Waals surface area contributed by atoms with Crippen LogP contribution in [0.25, 0.3) is 0 Å². The van der Waals surface area contributed by atoms with Crippen molar-refractivity contribution < 1.29 is 9.31 Å². The highest BCUT2D eigenvalue weighted by Gasteiger charge is 2.17. The summed E-state index contributed by atoms with van der Waals surface area (Å²) in [6.45, 7) is -0.00412. The van der Waals surface area contributed by atoms with Crippen LogP contribution in [0.2, 0.25) is 0 Å². The Kier molecular flexibility index (Phi) is 3.01. The van der Waals surface area contributed by atoms with Gasteiger partial charge < -0.3 is 4.57 Å². The van der Waals surface area contributed by atoms with Crippen molar-refractivity contribution in [2.75, 3.05) is 0 Å². The van der Waals surface area contributed by atoms with Crippen LogP contribution in [-0.2, 0) is 6.54 Å². The van der Waals surface area contributed by atoms with Gasteiger partial charge in [-0.2, -0.15) is 4.39 Å². The van der Waals surface area contributed by atoms with E-state index in [1.807, 2.05) is 0 Å². The second kappa shape index (κ2) is 4.46. The maximum Gasteiger partial charge on any atom is 0.307 e. The summed E-state index contributed by atoms with van der Waals surface area (Å²) in [6, 6.07) is 3.91. The number of nitrogens with zero attached hydrogens (tertiary/aromatic N) is 2. The van der Waals surface area contributed by atoms with Crippen molar-refractivity contribution in [1.29, 1.82) is 0 Å². The predicted molar refractivity (Wildman–Crippen MR) is 60.7 cm³/mol. The number of nitro groups is 1. The van der Waals surface area contributed by atoms with E-state index in [1.54, 1.807) is 5.38 Å². The number of hydrogen-bond donors (Lipinski definition) is 0. The lowest BCUT2D eigenvalue weighted by Gasteiger charge is -2.03. The van der Waals surface area contributed by atoms with Crippen LogP contribution >= 0.6 is 11.3 Å². The van der Waals surface area contributed by atoms with E-state index in [9.17, 15) is 19.3 Å². The van der Waals surface area contributed by atoms with Gasteiger partial charge in [-0.1, -0.05) is 23.5 Å². The lowest BCUT2D eigenvalue weighted by Crippen LogP contribution is -2.13. The van der Waals surface area contributed by atoms with Gasteiger partial charge in [0.15, 0.2) is 0 Å². The molecule has 0 aliphatic heterocycles. The van der Waals surface area contributed by atoms with Gasteiger partial charge in [-0.25, -0.2) is 0 Å². The molecule has 0 saturated heterocycles. The Balaban J connectivity index is 2.41. The first-order valence-electron chi connectivity index (χ1n) is 4.65. The van der Waals surface area contributed by atoms with Gasteiger partial charge in [0.05, 0.1) is 11.5 Å². The SMILES string of the molecule is O=c1sccn1Cc1cccc([N+](=O)[O-])c1F. The molecule has 2 aromatic rings. The summed E-state index contributed by atoms with van der Waals surface area (Å²) in [5, 5.41) is 12.1. The number of nitro benzene ring substituents is 1. The molecule has 0 saturated carbocycles. The van der Waals surface area contributed by atoms with Crippen molar-refractivity contribution in [3.05, 3.63) is 60.9 Å². The molecule has 17 heavy (non-hydrogen) atoms. The topological polar surface area (TPSA) is 65.1 Å². The van der Waals surface area contributed by atoms with Gasteiger partial charge >= 0.3 is 10.6 Å². The Hall–Kier alpha value is -2.02. The van der Waals surface area contributed by atoms with E-state index >= 15 is 0 Å². The molecule has 0 N–H and O–H groups in total. The molecule has 0 atom stereocenters. The zero-order valence-electron chi connectivity index (χ0n) is 8.50. The molecule has 0 aliphatic rings. The summed E-state index contributed by atoms with van der Waals surface area (Å²) in [4.78, 5) is 20.8. The molecule has 1 aromatic heterocycles. The van der Waals surface area contributed by atoms with Crippen LogP contribution in [0.15, 0.2) is 34.6 Å². The fourth-order valence-corrected chi connectivity index (χ4v) is 2.01. The monoisotopic (exact) mass is 254 g/mol. The van der Waals surface area contributed by atoms with Crippen LogP contribution in [-0.4, -0.2) is 9.49 Å². The number of rotatable bonds is 3. The van der Waals surface area contributed by atoms with Crippen LogP contribution in [0.4, 0.5) is 10.1 Å². The molecule has 0 spiro atoms. The molecular formula is C10H7FN2O3S. The third kappa shape index (κ3) is 2.23. The lowest BCUT2D eigenvalue weighted by atomic mass is 10.2. The number of thiazole rings is 1. The predicted octanol–water partition coefficient (Wildman–Crippen LogP) is 2.01. The van der Waals surface area contributed by atoms with Gasteiger partial charge in [-0.3, -0.25) is 14.9 Å². The molecule has 1 aromatic carbocycles. The summed E-state index contributed by atoms with van der Waals surface area (Å²) in [5.74, 6) is -0.893. The first-order valence-corrected chi connectivity index (χ1v) is 5.53. The van der Waals surface area contributed by atoms with Crippen LogP contribution in [0.3, 0.4) is 0 Å². The molecule has 0 radical (unpaired) electrons. The minimum atomic E-state index is -0.893. The number of halogens is 1. The summed E-state index contributed by atoms with van der Waals surface area (Å²) >= 11 is 0.991. The third-order valence-electron chi connectivity index (χ3n) is 2.24. The van der Waals surface area contributed by atoms with Crippen molar-refractivity contribution in [3.8, 4) is 0 Å². The fourth-order valence-electron chi connectivity index (χ4n) is 1.42. The summed E-state index contributed by atoms with van der Waals surface area (Å²) < 4.78 is 15.0. The van der Waals surface area contributed by atoms with Crippen molar-refractivity contribution in [2.24, 2.45) is 0 Å². The number of benzene rings is 1. The van der Waals surface area contributed by atoms with Crippen molar-refractivity contribution in [3.63, 3.8) is 0 Å². The molecule has 0 fully saturated rings. The van der Waals surface area contributed by atoms with E-state index in [-0.39, 0.29) is 17.0 Å². The maximum absolute atomic E-state index is 13.7. The lowest BCUT2D eigenvalue weighted by molar-refractivity contribution is -0.387. The van der Waals surface area contributed by atoms with Crippen LogP contribution in [0.5, 0.6) is 0 Å². The number of aromatic nitrogens is 1. The molecule has 0 bridgehead atoms. The van der Waals surface area contributed by atoms with E-state index in [1.165, 1.54) is 22.9 Å². The Morgan fingerprint density at radius 2 is 2.24 bits per heavy atom. The zero-order chi connectivity index (χ0) is 12.4. The molecule has 88 valence electrons. The van der Waals surface area contributed by atoms with E-state index in [0.717, 1.165) is 17.4 Å². The molecule has 0 amide bonds. The van der Waals surface area contributed by atoms with Crippen LogP contribution in [0.1, 0.15) is 5.56 Å². The molecule has 1 heterocycles. The maximum atomic E-state index is 13.7. The molecular weight excluding hydrogens is 247 g/mol. The average Bonchev–Trinajstić information content (AvgIpc) is 2.67. The number of hydrogen-bond acceptors (Lipinski definition) is 4. The normalized spacial score (nSPS) is 10.4. The second-order valence-electron chi connectivity index (χ2n) is 3.30. The summed E-state index contributed by atoms with van der Waals surface area (Å²) in [5.41, 5.74) is -0.453. The third-order valence-corrected chi connectivity index (χ3v) is 2.93. The Morgan fingerprint density at radius 3 is 2.82 bits per heavy atom.